The van der Waals surface area contributed by atoms with E-state index >= 15 is 0 Å². The standard InChI is InChI=1S/C21H12F5N2O/c22-15-7-4-11(8-16(15)23)10-28-17-3-1-2-14(20(27)29)19(17)13-6-5-12(9-18(13)28)21(24,25)26/h1-5,7-9H,10H2,(H2,27,29). The van der Waals surface area contributed by atoms with Crippen molar-refractivity contribution in [3.63, 3.8) is 0 Å². The highest BCUT2D eigenvalue weighted by atomic mass is 19.4. The minimum atomic E-state index is -4.60. The third-order valence-corrected chi connectivity index (χ3v) is 4.71. The number of benzene rings is 3. The van der Waals surface area contributed by atoms with Gasteiger partial charge in [0.2, 0.25) is 5.91 Å². The molecule has 1 aromatic heterocycles. The number of carbonyl (C=O) groups excluding carboxylic acids is 1. The zero-order valence-corrected chi connectivity index (χ0v) is 14.6. The molecular weight excluding hydrogens is 391 g/mol. The number of amides is 1. The van der Waals surface area contributed by atoms with Gasteiger partial charge in [0.25, 0.3) is 0 Å². The Hall–Kier alpha value is -3.42. The smallest absolute Gasteiger partial charge is 0.366 e. The molecule has 2 N–H and O–H groups in total. The van der Waals surface area contributed by atoms with Crippen LogP contribution in [-0.2, 0) is 12.7 Å². The Balaban J connectivity index is 2.04. The van der Waals surface area contributed by atoms with E-state index in [1.807, 2.05) is 0 Å². The maximum absolute atomic E-state index is 13.6. The lowest BCUT2D eigenvalue weighted by Gasteiger charge is -2.10. The van der Waals surface area contributed by atoms with Crippen molar-refractivity contribution in [2.24, 2.45) is 5.73 Å². The number of primary amides is 1. The molecule has 0 aliphatic rings. The summed E-state index contributed by atoms with van der Waals surface area (Å²) in [6.45, 7) is -0.0471. The molecule has 0 fully saturated rings. The molecular formula is C21H12F5N2O. The second kappa shape index (κ2) is 6.58. The van der Waals surface area contributed by atoms with Crippen molar-refractivity contribution in [3.8, 4) is 0 Å². The Bertz CT molecular complexity index is 1270. The SMILES string of the molecule is NC(=O)c1cccc2c1c1[c]cc(C(F)(F)F)cc1n2Cc1ccc(F)c(F)c1. The monoisotopic (exact) mass is 403 g/mol. The highest BCUT2D eigenvalue weighted by Crippen LogP contribution is 2.36. The van der Waals surface area contributed by atoms with E-state index < -0.39 is 29.3 Å². The molecule has 147 valence electrons. The summed E-state index contributed by atoms with van der Waals surface area (Å²) in [6, 6.07) is 12.2. The molecule has 3 aromatic carbocycles. The summed E-state index contributed by atoms with van der Waals surface area (Å²) in [4.78, 5) is 11.9. The molecule has 0 saturated heterocycles. The van der Waals surface area contributed by atoms with Gasteiger partial charge in [0, 0.05) is 22.9 Å². The fourth-order valence-electron chi connectivity index (χ4n) is 3.42. The normalized spacial score (nSPS) is 12.0. The van der Waals surface area contributed by atoms with Crippen LogP contribution in [0.25, 0.3) is 21.8 Å². The number of nitrogens with two attached hydrogens (primary N) is 1. The summed E-state index contributed by atoms with van der Waals surface area (Å²) in [6.07, 6.45) is -4.60. The lowest BCUT2D eigenvalue weighted by molar-refractivity contribution is -0.137. The molecule has 1 radical (unpaired) electrons. The van der Waals surface area contributed by atoms with Crippen LogP contribution in [-0.4, -0.2) is 10.5 Å². The van der Waals surface area contributed by atoms with Crippen LogP contribution in [0.5, 0.6) is 0 Å². The molecule has 1 heterocycles. The highest BCUT2D eigenvalue weighted by molar-refractivity contribution is 6.17. The average Bonchev–Trinajstić information content (AvgIpc) is 2.97. The fourth-order valence-corrected chi connectivity index (χ4v) is 3.42. The van der Waals surface area contributed by atoms with Crippen LogP contribution in [0.2, 0.25) is 0 Å². The first-order chi connectivity index (χ1) is 13.7. The van der Waals surface area contributed by atoms with Crippen molar-refractivity contribution >= 4 is 27.7 Å². The van der Waals surface area contributed by atoms with Crippen molar-refractivity contribution in [2.45, 2.75) is 12.7 Å². The second-order valence-corrected chi connectivity index (χ2v) is 6.54. The van der Waals surface area contributed by atoms with Crippen LogP contribution >= 0.6 is 0 Å². The van der Waals surface area contributed by atoms with Gasteiger partial charge in [-0.05, 0) is 48.0 Å². The van der Waals surface area contributed by atoms with E-state index in [1.165, 1.54) is 16.7 Å². The number of alkyl halides is 3. The van der Waals surface area contributed by atoms with E-state index in [1.54, 1.807) is 12.1 Å². The number of rotatable bonds is 3. The summed E-state index contributed by atoms with van der Waals surface area (Å²) < 4.78 is 68.1. The third kappa shape index (κ3) is 3.20. The van der Waals surface area contributed by atoms with Crippen LogP contribution in [0.3, 0.4) is 0 Å². The van der Waals surface area contributed by atoms with E-state index in [4.69, 9.17) is 5.73 Å². The maximum atomic E-state index is 13.6. The van der Waals surface area contributed by atoms with Crippen LogP contribution in [0.15, 0.2) is 48.5 Å². The number of fused-ring (bicyclic) bond motifs is 3. The first-order valence-corrected chi connectivity index (χ1v) is 8.44. The Morgan fingerprint density at radius 1 is 1.03 bits per heavy atom. The third-order valence-electron chi connectivity index (χ3n) is 4.71. The molecule has 4 rings (SSSR count). The number of nitrogens with zero attached hydrogens (tertiary/aromatic N) is 1. The summed E-state index contributed by atoms with van der Waals surface area (Å²) in [7, 11) is 0. The maximum Gasteiger partial charge on any atom is 0.416 e. The van der Waals surface area contributed by atoms with Gasteiger partial charge in [-0.15, -0.1) is 0 Å². The van der Waals surface area contributed by atoms with Crippen molar-refractivity contribution in [1.29, 1.82) is 0 Å². The lowest BCUT2D eigenvalue weighted by Crippen LogP contribution is -2.11. The second-order valence-electron chi connectivity index (χ2n) is 6.54. The van der Waals surface area contributed by atoms with Crippen molar-refractivity contribution in [3.05, 3.63) is 82.9 Å². The molecule has 1 amide bonds. The molecule has 0 aliphatic heterocycles. The Labute approximate surface area is 161 Å². The first-order valence-electron chi connectivity index (χ1n) is 8.44. The zero-order chi connectivity index (χ0) is 20.9. The average molecular weight is 403 g/mol. The number of carbonyl (C=O) groups is 1. The van der Waals surface area contributed by atoms with Crippen LogP contribution < -0.4 is 5.73 Å². The van der Waals surface area contributed by atoms with Gasteiger partial charge in [-0.25, -0.2) is 8.78 Å². The minimum Gasteiger partial charge on any atom is -0.366 e. The summed E-state index contributed by atoms with van der Waals surface area (Å²) in [5.74, 6) is -2.83. The van der Waals surface area contributed by atoms with E-state index in [-0.39, 0.29) is 23.0 Å². The minimum absolute atomic E-state index is 0.0471. The number of hydrogen-bond donors (Lipinski definition) is 1. The molecule has 29 heavy (non-hydrogen) atoms. The quantitative estimate of drug-likeness (QED) is 0.479. The number of halogens is 5. The largest absolute Gasteiger partial charge is 0.416 e. The highest BCUT2D eigenvalue weighted by Gasteiger charge is 2.31. The molecule has 8 heteroatoms. The van der Waals surface area contributed by atoms with E-state index in [0.29, 0.717) is 16.5 Å². The summed E-state index contributed by atoms with van der Waals surface area (Å²) in [5, 5.41) is 0.635. The van der Waals surface area contributed by atoms with Crippen LogP contribution in [0.1, 0.15) is 21.5 Å². The molecule has 0 bridgehead atoms. The fraction of sp³-hybridized carbons (Fsp3) is 0.0952. The van der Waals surface area contributed by atoms with Gasteiger partial charge in [0.05, 0.1) is 16.6 Å². The zero-order valence-electron chi connectivity index (χ0n) is 14.6. The van der Waals surface area contributed by atoms with Gasteiger partial charge in [0.15, 0.2) is 11.6 Å². The van der Waals surface area contributed by atoms with Crippen molar-refractivity contribution in [1.82, 2.24) is 4.57 Å². The Kier molecular flexibility index (Phi) is 4.29. The molecule has 3 nitrogen and oxygen atoms in total. The predicted octanol–water partition coefficient (Wildman–Crippen LogP) is 5.04. The van der Waals surface area contributed by atoms with Gasteiger partial charge < -0.3 is 10.3 Å². The molecule has 0 atom stereocenters. The predicted molar refractivity (Wildman–Crippen MR) is 97.3 cm³/mol. The Morgan fingerprint density at radius 3 is 2.45 bits per heavy atom. The molecule has 0 aliphatic carbocycles. The van der Waals surface area contributed by atoms with Crippen LogP contribution in [0, 0.1) is 17.7 Å². The van der Waals surface area contributed by atoms with Gasteiger partial charge in [-0.2, -0.15) is 13.2 Å². The van der Waals surface area contributed by atoms with E-state index in [0.717, 1.165) is 24.3 Å². The van der Waals surface area contributed by atoms with Crippen LogP contribution in [0.4, 0.5) is 22.0 Å². The number of aromatic nitrogens is 1. The molecule has 4 aromatic rings. The van der Waals surface area contributed by atoms with Gasteiger partial charge >= 0.3 is 6.18 Å². The van der Waals surface area contributed by atoms with Gasteiger partial charge in [-0.3, -0.25) is 4.79 Å². The summed E-state index contributed by atoms with van der Waals surface area (Å²) in [5.41, 5.74) is 5.56. The topological polar surface area (TPSA) is 48.0 Å². The van der Waals surface area contributed by atoms with E-state index in [2.05, 4.69) is 6.07 Å². The molecule has 0 spiro atoms. The molecule has 0 saturated carbocycles. The van der Waals surface area contributed by atoms with E-state index in [9.17, 15) is 26.7 Å². The first kappa shape index (κ1) is 18.9. The van der Waals surface area contributed by atoms with Crippen molar-refractivity contribution in [2.75, 3.05) is 0 Å². The Morgan fingerprint density at radius 2 is 1.79 bits per heavy atom. The lowest BCUT2D eigenvalue weighted by atomic mass is 10.0. The van der Waals surface area contributed by atoms with Crippen molar-refractivity contribution < 1.29 is 26.7 Å². The summed E-state index contributed by atoms with van der Waals surface area (Å²) >= 11 is 0. The molecule has 0 unspecified atom stereocenters. The van der Waals surface area contributed by atoms with Gasteiger partial charge in [-0.1, -0.05) is 12.1 Å². The van der Waals surface area contributed by atoms with Gasteiger partial charge in [0.1, 0.15) is 0 Å². The number of hydrogen-bond acceptors (Lipinski definition) is 1.